The van der Waals surface area contributed by atoms with Gasteiger partial charge in [0, 0.05) is 0 Å². The Kier molecular flexibility index (Phi) is 5.05. The first-order chi connectivity index (χ1) is 8.20. The molecule has 2 atom stereocenters. The van der Waals surface area contributed by atoms with Gasteiger partial charge in [-0.2, -0.15) is 0 Å². The molecule has 0 aliphatic carbocycles. The Morgan fingerprint density at radius 2 is 1.06 bits per heavy atom. The van der Waals surface area contributed by atoms with Crippen LogP contribution in [0.3, 0.4) is 0 Å². The first kappa shape index (κ1) is 15.8. The van der Waals surface area contributed by atoms with Crippen molar-refractivity contribution in [1.82, 2.24) is 0 Å². The second-order valence-electron chi connectivity index (χ2n) is 3.21. The van der Waals surface area contributed by atoms with Crippen molar-refractivity contribution in [2.45, 2.75) is 16.3 Å². The van der Waals surface area contributed by atoms with Crippen LogP contribution in [0.4, 0.5) is 22.0 Å². The van der Waals surface area contributed by atoms with Gasteiger partial charge in [-0.05, 0) is 0 Å². The smallest absolute Gasteiger partial charge is 0.200 e. The van der Waals surface area contributed by atoms with Crippen LogP contribution in [-0.4, -0.2) is 15.3 Å². The number of hydrogen-bond donors (Lipinski definition) is 1. The molecule has 1 aromatic carbocycles. The minimum Gasteiger partial charge on any atom is -0.387 e. The van der Waals surface area contributed by atoms with Crippen LogP contribution in [0.5, 0.6) is 0 Å². The molecule has 0 saturated heterocycles. The summed E-state index contributed by atoms with van der Waals surface area (Å²) in [6.45, 7) is 0. The van der Waals surface area contributed by atoms with Crippen LogP contribution >= 0.6 is 34.8 Å². The van der Waals surface area contributed by atoms with E-state index >= 15 is 0 Å². The highest BCUT2D eigenvalue weighted by Gasteiger charge is 2.34. The highest BCUT2D eigenvalue weighted by Crippen LogP contribution is 2.34. The van der Waals surface area contributed by atoms with Gasteiger partial charge in [-0.25, -0.2) is 22.0 Å². The molecule has 0 spiro atoms. The fourth-order valence-electron chi connectivity index (χ4n) is 1.18. The summed E-state index contributed by atoms with van der Waals surface area (Å²) in [6.07, 6.45) is -2.25. The molecule has 0 bridgehead atoms. The maximum Gasteiger partial charge on any atom is 0.200 e. The number of aliphatic hydroxyl groups excluding tert-OH is 1. The molecule has 9 heteroatoms. The van der Waals surface area contributed by atoms with E-state index < -0.39 is 51.0 Å². The Labute approximate surface area is 113 Å². The first-order valence-corrected chi connectivity index (χ1v) is 5.62. The SMILES string of the molecule is OC(c1c(F)c(F)c(F)c(F)c1F)C(Cl)C(Cl)Cl. The van der Waals surface area contributed by atoms with Crippen molar-refractivity contribution in [3.05, 3.63) is 34.6 Å². The van der Waals surface area contributed by atoms with Gasteiger partial charge < -0.3 is 5.11 Å². The van der Waals surface area contributed by atoms with Crippen LogP contribution in [0.1, 0.15) is 11.7 Å². The number of alkyl halides is 3. The lowest BCUT2D eigenvalue weighted by Gasteiger charge is -2.19. The maximum atomic E-state index is 13.3. The van der Waals surface area contributed by atoms with Gasteiger partial charge in [0.15, 0.2) is 23.3 Å². The Hall–Kier alpha value is -0.300. The van der Waals surface area contributed by atoms with E-state index in [1.54, 1.807) is 0 Å². The minimum atomic E-state index is -2.33. The van der Waals surface area contributed by atoms with E-state index in [4.69, 9.17) is 34.8 Å². The van der Waals surface area contributed by atoms with E-state index in [9.17, 15) is 27.1 Å². The Morgan fingerprint density at radius 3 is 1.39 bits per heavy atom. The van der Waals surface area contributed by atoms with E-state index in [-0.39, 0.29) is 0 Å². The molecule has 0 fully saturated rings. The van der Waals surface area contributed by atoms with Crippen molar-refractivity contribution in [3.8, 4) is 0 Å². The number of aliphatic hydroxyl groups is 1. The zero-order valence-corrected chi connectivity index (χ0v) is 10.5. The fourth-order valence-corrected chi connectivity index (χ4v) is 1.58. The van der Waals surface area contributed by atoms with E-state index in [1.807, 2.05) is 0 Å². The summed E-state index contributed by atoms with van der Waals surface area (Å²) in [7, 11) is 0. The lowest BCUT2D eigenvalue weighted by atomic mass is 10.0. The van der Waals surface area contributed by atoms with Gasteiger partial charge >= 0.3 is 0 Å². The van der Waals surface area contributed by atoms with Crippen molar-refractivity contribution in [3.63, 3.8) is 0 Å². The molecule has 0 radical (unpaired) electrons. The molecule has 1 nitrogen and oxygen atoms in total. The molecular weight excluding hydrogens is 325 g/mol. The van der Waals surface area contributed by atoms with E-state index in [0.29, 0.717) is 0 Å². The van der Waals surface area contributed by atoms with Crippen LogP contribution in [0.25, 0.3) is 0 Å². The molecule has 1 N–H and O–H groups in total. The highest BCUT2D eigenvalue weighted by atomic mass is 35.5. The topological polar surface area (TPSA) is 20.2 Å². The molecule has 0 aliphatic rings. The van der Waals surface area contributed by atoms with Gasteiger partial charge in [-0.15, -0.1) is 34.8 Å². The van der Waals surface area contributed by atoms with Gasteiger partial charge in [0.2, 0.25) is 5.82 Å². The van der Waals surface area contributed by atoms with E-state index in [2.05, 4.69) is 0 Å². The van der Waals surface area contributed by atoms with Crippen molar-refractivity contribution in [2.24, 2.45) is 0 Å². The van der Waals surface area contributed by atoms with Gasteiger partial charge in [-0.3, -0.25) is 0 Å². The lowest BCUT2D eigenvalue weighted by Crippen LogP contribution is -2.23. The number of benzene rings is 1. The summed E-state index contributed by atoms with van der Waals surface area (Å²) in [6, 6.07) is 0. The normalized spacial score (nSPS) is 15.0. The fraction of sp³-hybridized carbons (Fsp3) is 0.333. The summed E-state index contributed by atoms with van der Waals surface area (Å²) >= 11 is 15.9. The van der Waals surface area contributed by atoms with Gasteiger partial charge in [0.1, 0.15) is 10.9 Å². The molecule has 2 unspecified atom stereocenters. The average molecular weight is 329 g/mol. The van der Waals surface area contributed by atoms with Crippen LogP contribution in [0.2, 0.25) is 0 Å². The number of hydrogen-bond acceptors (Lipinski definition) is 1. The van der Waals surface area contributed by atoms with Gasteiger partial charge in [0.25, 0.3) is 0 Å². The van der Waals surface area contributed by atoms with Crippen LogP contribution < -0.4 is 0 Å². The van der Waals surface area contributed by atoms with Crippen molar-refractivity contribution in [2.75, 3.05) is 0 Å². The summed E-state index contributed by atoms with van der Waals surface area (Å²) in [5.74, 6) is -11.1. The summed E-state index contributed by atoms with van der Waals surface area (Å²) < 4.78 is 64.9. The van der Waals surface area contributed by atoms with E-state index in [1.165, 1.54) is 0 Å². The average Bonchev–Trinajstić information content (AvgIpc) is 2.32. The largest absolute Gasteiger partial charge is 0.387 e. The molecule has 0 aromatic heterocycles. The number of rotatable bonds is 3. The predicted octanol–water partition coefficient (Wildman–Crippen LogP) is 3.83. The molecule has 18 heavy (non-hydrogen) atoms. The molecule has 102 valence electrons. The zero-order valence-electron chi connectivity index (χ0n) is 8.20. The maximum absolute atomic E-state index is 13.3. The van der Waals surface area contributed by atoms with Crippen LogP contribution in [-0.2, 0) is 0 Å². The summed E-state index contributed by atoms with van der Waals surface area (Å²) in [5, 5.41) is 7.77. The number of halogens is 8. The van der Waals surface area contributed by atoms with E-state index in [0.717, 1.165) is 0 Å². The van der Waals surface area contributed by atoms with Crippen molar-refractivity contribution >= 4 is 34.8 Å². The third-order valence-corrected chi connectivity index (χ3v) is 3.37. The minimum absolute atomic E-state index is 1.47. The third kappa shape index (κ3) is 2.66. The Morgan fingerprint density at radius 1 is 0.722 bits per heavy atom. The summed E-state index contributed by atoms with van der Waals surface area (Å²) in [5.41, 5.74) is -1.47. The summed E-state index contributed by atoms with van der Waals surface area (Å²) in [4.78, 5) is -1.48. The first-order valence-electron chi connectivity index (χ1n) is 4.31. The quantitative estimate of drug-likeness (QED) is 0.387. The second-order valence-corrected chi connectivity index (χ2v) is 4.88. The predicted molar refractivity (Wildman–Crippen MR) is 56.3 cm³/mol. The monoisotopic (exact) mass is 328 g/mol. The van der Waals surface area contributed by atoms with Crippen LogP contribution in [0, 0.1) is 29.1 Å². The Bertz CT molecular complexity index is 439. The lowest BCUT2D eigenvalue weighted by molar-refractivity contribution is 0.161. The van der Waals surface area contributed by atoms with Crippen molar-refractivity contribution < 1.29 is 27.1 Å². The molecule has 0 heterocycles. The zero-order chi connectivity index (χ0) is 14.2. The molecule has 0 amide bonds. The van der Waals surface area contributed by atoms with Crippen molar-refractivity contribution in [1.29, 1.82) is 0 Å². The molecule has 0 saturated carbocycles. The molecule has 1 aromatic rings. The third-order valence-electron chi connectivity index (χ3n) is 2.08. The highest BCUT2D eigenvalue weighted by molar-refractivity contribution is 6.48. The molecular formula is C9H4Cl3F5O. The van der Waals surface area contributed by atoms with Gasteiger partial charge in [-0.1, -0.05) is 0 Å². The van der Waals surface area contributed by atoms with Gasteiger partial charge in [0.05, 0.1) is 10.9 Å². The molecule has 0 aliphatic heterocycles. The Balaban J connectivity index is 3.42. The second kappa shape index (κ2) is 5.77. The standard InChI is InChI=1S/C9H4Cl3F5O/c10-2(9(11)12)8(18)1-3(13)5(15)7(17)6(16)4(1)14/h2,8-9,18H. The van der Waals surface area contributed by atoms with Crippen LogP contribution in [0.15, 0.2) is 0 Å². The molecule has 1 rings (SSSR count).